The zero-order valence-electron chi connectivity index (χ0n) is 15.4. The first-order valence-electron chi connectivity index (χ1n) is 8.44. The largest absolute Gasteiger partial charge is 0.497 e. The number of hydrogen-bond donors (Lipinski definition) is 2. The first-order valence-corrected chi connectivity index (χ1v) is 10.3. The van der Waals surface area contributed by atoms with Gasteiger partial charge in [-0.15, -0.1) is 0 Å². The third kappa shape index (κ3) is 4.46. The lowest BCUT2D eigenvalue weighted by molar-refractivity contribution is 0.392. The molecule has 0 bridgehead atoms. The number of halogens is 1. The van der Waals surface area contributed by atoms with Gasteiger partial charge in [-0.1, -0.05) is 11.6 Å². The SMILES string of the molecule is COc1ccc(OC)c(S(=O)(=O)NCCNc2ccnc3cc(Cl)ccc23)c1. The number of fused-ring (bicyclic) bond motifs is 1. The number of ether oxygens (including phenoxy) is 2. The Morgan fingerprint density at radius 3 is 2.61 bits per heavy atom. The van der Waals surface area contributed by atoms with Crippen molar-refractivity contribution in [3.8, 4) is 11.5 Å². The maximum atomic E-state index is 12.6. The number of aromatic nitrogens is 1. The second-order valence-corrected chi connectivity index (χ2v) is 8.03. The van der Waals surface area contributed by atoms with E-state index in [4.69, 9.17) is 21.1 Å². The second kappa shape index (κ2) is 8.64. The number of methoxy groups -OCH3 is 2. The molecule has 0 aliphatic heterocycles. The van der Waals surface area contributed by atoms with E-state index in [0.29, 0.717) is 17.3 Å². The van der Waals surface area contributed by atoms with E-state index in [-0.39, 0.29) is 17.2 Å². The fraction of sp³-hybridized carbons (Fsp3) is 0.211. The van der Waals surface area contributed by atoms with Crippen LogP contribution in [0.3, 0.4) is 0 Å². The number of hydrogen-bond acceptors (Lipinski definition) is 6. The molecule has 0 saturated carbocycles. The van der Waals surface area contributed by atoms with Crippen LogP contribution in [0.1, 0.15) is 0 Å². The highest BCUT2D eigenvalue weighted by Gasteiger charge is 2.20. The van der Waals surface area contributed by atoms with E-state index in [0.717, 1.165) is 16.6 Å². The Bertz CT molecular complexity index is 1090. The Morgan fingerprint density at radius 1 is 1.04 bits per heavy atom. The van der Waals surface area contributed by atoms with Crippen LogP contribution in [0, 0.1) is 0 Å². The van der Waals surface area contributed by atoms with Gasteiger partial charge in [-0.2, -0.15) is 0 Å². The molecule has 0 atom stereocenters. The number of rotatable bonds is 8. The number of nitrogens with zero attached hydrogens (tertiary/aromatic N) is 1. The number of anilines is 1. The molecule has 0 aliphatic carbocycles. The lowest BCUT2D eigenvalue weighted by atomic mass is 10.2. The molecule has 1 heterocycles. The summed E-state index contributed by atoms with van der Waals surface area (Å²) in [6.45, 7) is 0.563. The van der Waals surface area contributed by atoms with Crippen LogP contribution in [0.4, 0.5) is 5.69 Å². The molecule has 0 unspecified atom stereocenters. The fourth-order valence-electron chi connectivity index (χ4n) is 2.73. The van der Waals surface area contributed by atoms with Crippen LogP contribution in [-0.2, 0) is 10.0 Å². The van der Waals surface area contributed by atoms with Crippen molar-refractivity contribution in [1.82, 2.24) is 9.71 Å². The summed E-state index contributed by atoms with van der Waals surface area (Å²) in [6, 6.07) is 11.9. The Balaban J connectivity index is 1.68. The minimum atomic E-state index is -3.76. The number of nitrogens with one attached hydrogen (secondary N) is 2. The monoisotopic (exact) mass is 421 g/mol. The molecule has 2 aromatic carbocycles. The maximum absolute atomic E-state index is 12.6. The minimum absolute atomic E-state index is 0.0263. The van der Waals surface area contributed by atoms with Gasteiger partial charge >= 0.3 is 0 Å². The molecular weight excluding hydrogens is 402 g/mol. The van der Waals surface area contributed by atoms with Crippen molar-refractivity contribution in [3.05, 3.63) is 53.7 Å². The van der Waals surface area contributed by atoms with Gasteiger partial charge in [-0.3, -0.25) is 4.98 Å². The minimum Gasteiger partial charge on any atom is -0.497 e. The van der Waals surface area contributed by atoms with Gasteiger partial charge in [0, 0.05) is 41.4 Å². The molecular formula is C19H20ClN3O4S. The summed E-state index contributed by atoms with van der Waals surface area (Å²) in [4.78, 5) is 4.31. The Kier molecular flexibility index (Phi) is 6.23. The first kappa shape index (κ1) is 20.2. The van der Waals surface area contributed by atoms with Gasteiger partial charge in [0.05, 0.1) is 19.7 Å². The summed E-state index contributed by atoms with van der Waals surface area (Å²) in [5.74, 6) is 0.680. The van der Waals surface area contributed by atoms with E-state index >= 15 is 0 Å². The highest BCUT2D eigenvalue weighted by Crippen LogP contribution is 2.28. The predicted octanol–water partition coefficient (Wildman–Crippen LogP) is 3.30. The zero-order chi connectivity index (χ0) is 20.1. The number of pyridine rings is 1. The van der Waals surface area contributed by atoms with E-state index in [2.05, 4.69) is 15.0 Å². The van der Waals surface area contributed by atoms with Gasteiger partial charge in [0.15, 0.2) is 0 Å². The number of benzene rings is 2. The summed E-state index contributed by atoms with van der Waals surface area (Å²) in [7, 11) is -0.869. The van der Waals surface area contributed by atoms with Crippen LogP contribution in [0.5, 0.6) is 11.5 Å². The maximum Gasteiger partial charge on any atom is 0.244 e. The van der Waals surface area contributed by atoms with Crippen LogP contribution in [0.2, 0.25) is 5.02 Å². The quantitative estimate of drug-likeness (QED) is 0.542. The topological polar surface area (TPSA) is 89.5 Å². The third-order valence-electron chi connectivity index (χ3n) is 4.10. The highest BCUT2D eigenvalue weighted by molar-refractivity contribution is 7.89. The van der Waals surface area contributed by atoms with E-state index in [1.54, 1.807) is 30.5 Å². The molecule has 2 N–H and O–H groups in total. The van der Waals surface area contributed by atoms with Crippen molar-refractivity contribution >= 4 is 38.2 Å². The molecule has 0 radical (unpaired) electrons. The lowest BCUT2D eigenvalue weighted by Crippen LogP contribution is -2.29. The van der Waals surface area contributed by atoms with Gasteiger partial charge in [-0.05, 0) is 36.4 Å². The zero-order valence-corrected chi connectivity index (χ0v) is 17.0. The molecule has 0 spiro atoms. The Morgan fingerprint density at radius 2 is 1.86 bits per heavy atom. The van der Waals surface area contributed by atoms with Gasteiger partial charge in [-0.25, -0.2) is 13.1 Å². The molecule has 0 aliphatic rings. The Hall–Kier alpha value is -2.55. The van der Waals surface area contributed by atoms with Crippen molar-refractivity contribution in [2.75, 3.05) is 32.6 Å². The van der Waals surface area contributed by atoms with Crippen molar-refractivity contribution < 1.29 is 17.9 Å². The molecule has 28 heavy (non-hydrogen) atoms. The molecule has 3 aromatic rings. The first-order chi connectivity index (χ1) is 13.4. The van der Waals surface area contributed by atoms with Gasteiger partial charge in [0.1, 0.15) is 16.4 Å². The molecule has 0 amide bonds. The van der Waals surface area contributed by atoms with Crippen molar-refractivity contribution in [3.63, 3.8) is 0 Å². The molecule has 0 fully saturated rings. The standard InChI is InChI=1S/C19H20ClN3O4S/c1-26-14-4-6-18(27-2)19(12-14)28(24,25)23-10-9-22-16-7-8-21-17-11-13(20)3-5-15(16)17/h3-8,11-12,23H,9-10H2,1-2H3,(H,21,22). The van der Waals surface area contributed by atoms with Gasteiger partial charge in [0.2, 0.25) is 10.0 Å². The van der Waals surface area contributed by atoms with Crippen molar-refractivity contribution in [2.24, 2.45) is 0 Å². The van der Waals surface area contributed by atoms with Crippen LogP contribution in [0.25, 0.3) is 10.9 Å². The third-order valence-corrected chi connectivity index (χ3v) is 5.81. The van der Waals surface area contributed by atoms with Crippen LogP contribution >= 0.6 is 11.6 Å². The second-order valence-electron chi connectivity index (χ2n) is 5.86. The van der Waals surface area contributed by atoms with Crippen LogP contribution in [0.15, 0.2) is 53.6 Å². The fourth-order valence-corrected chi connectivity index (χ4v) is 4.11. The average Bonchev–Trinajstić information content (AvgIpc) is 2.70. The van der Waals surface area contributed by atoms with Gasteiger partial charge < -0.3 is 14.8 Å². The summed E-state index contributed by atoms with van der Waals surface area (Å²) in [5.41, 5.74) is 1.61. The normalized spacial score (nSPS) is 11.4. The summed E-state index contributed by atoms with van der Waals surface area (Å²) in [6.07, 6.45) is 1.67. The van der Waals surface area contributed by atoms with Crippen LogP contribution in [-0.4, -0.2) is 40.7 Å². The van der Waals surface area contributed by atoms with Crippen molar-refractivity contribution in [2.45, 2.75) is 4.90 Å². The van der Waals surface area contributed by atoms with E-state index in [1.165, 1.54) is 20.3 Å². The number of sulfonamides is 1. The van der Waals surface area contributed by atoms with Crippen molar-refractivity contribution in [1.29, 1.82) is 0 Å². The molecule has 7 nitrogen and oxygen atoms in total. The Labute approximate surface area is 168 Å². The lowest BCUT2D eigenvalue weighted by Gasteiger charge is -2.13. The predicted molar refractivity (Wildman–Crippen MR) is 110 cm³/mol. The molecule has 148 valence electrons. The molecule has 3 rings (SSSR count). The van der Waals surface area contributed by atoms with Crippen LogP contribution < -0.4 is 19.5 Å². The highest BCUT2D eigenvalue weighted by atomic mass is 35.5. The van der Waals surface area contributed by atoms with E-state index in [1.807, 2.05) is 12.1 Å². The summed E-state index contributed by atoms with van der Waals surface area (Å²) in [5, 5.41) is 4.73. The van der Waals surface area contributed by atoms with E-state index in [9.17, 15) is 8.42 Å². The summed E-state index contributed by atoms with van der Waals surface area (Å²) < 4.78 is 38.1. The van der Waals surface area contributed by atoms with Gasteiger partial charge in [0.25, 0.3) is 0 Å². The smallest absolute Gasteiger partial charge is 0.244 e. The molecule has 9 heteroatoms. The average molecular weight is 422 g/mol. The molecule has 1 aromatic heterocycles. The van der Waals surface area contributed by atoms with E-state index < -0.39 is 10.0 Å². The molecule has 0 saturated heterocycles. The summed E-state index contributed by atoms with van der Waals surface area (Å²) >= 11 is 6.00.